The van der Waals surface area contributed by atoms with Gasteiger partial charge in [0, 0.05) is 24.0 Å². The number of furan rings is 1. The van der Waals surface area contributed by atoms with Gasteiger partial charge in [0.25, 0.3) is 0 Å². The number of anilines is 2. The number of aryl methyl sites for hydroxylation is 1. The molecule has 3 aromatic rings. The predicted octanol–water partition coefficient (Wildman–Crippen LogP) is 4.15. The van der Waals surface area contributed by atoms with Gasteiger partial charge < -0.3 is 25.1 Å². The fraction of sp³-hybridized carbons (Fsp3) is 0.435. The van der Waals surface area contributed by atoms with Gasteiger partial charge in [0.2, 0.25) is 5.95 Å². The first kappa shape index (κ1) is 22.0. The molecule has 1 atom stereocenters. The van der Waals surface area contributed by atoms with Gasteiger partial charge in [0.05, 0.1) is 30.2 Å². The highest BCUT2D eigenvalue weighted by atomic mass is 19.1. The zero-order chi connectivity index (χ0) is 22.8. The molecule has 0 radical (unpaired) electrons. The van der Waals surface area contributed by atoms with Gasteiger partial charge in [-0.25, -0.2) is 19.2 Å². The number of carbonyl (C=O) groups excluding carboxylic acids is 1. The summed E-state index contributed by atoms with van der Waals surface area (Å²) < 4.78 is 19.6. The van der Waals surface area contributed by atoms with Crippen LogP contribution in [0.4, 0.5) is 20.8 Å². The monoisotopic (exact) mass is 441 g/mol. The highest BCUT2D eigenvalue weighted by Crippen LogP contribution is 2.33. The Kier molecular flexibility index (Phi) is 6.27. The van der Waals surface area contributed by atoms with Crippen LogP contribution in [-0.2, 0) is 0 Å². The molecule has 0 bridgehead atoms. The van der Waals surface area contributed by atoms with Gasteiger partial charge in [-0.05, 0) is 43.9 Å². The molecule has 1 aromatic carbocycles. The smallest absolute Gasteiger partial charge is 0.319 e. The molecule has 9 heteroatoms. The van der Waals surface area contributed by atoms with E-state index in [1.165, 1.54) is 12.1 Å². The van der Waals surface area contributed by atoms with Gasteiger partial charge in [0.15, 0.2) is 0 Å². The Morgan fingerprint density at radius 1 is 1.25 bits per heavy atom. The van der Waals surface area contributed by atoms with Crippen LogP contribution in [0.3, 0.4) is 0 Å². The number of urea groups is 1. The first-order chi connectivity index (χ1) is 15.3. The molecule has 3 N–H and O–H groups in total. The van der Waals surface area contributed by atoms with E-state index in [1.807, 2.05) is 25.7 Å². The maximum absolute atomic E-state index is 13.7. The topological polar surface area (TPSA) is 104 Å². The van der Waals surface area contributed by atoms with Crippen LogP contribution in [-0.4, -0.2) is 40.3 Å². The SMILES string of the molecule is Cc1c([C@H](NC(=O)Nc2cnc(N3CCC(O)CC3)nc2)C(C)C)oc2ccc(F)cc12. The standard InChI is InChI=1S/C23H28FN5O3/c1-13(2)20(21-14(3)18-10-15(24)4-5-19(18)32-21)28-23(31)27-16-11-25-22(26-12-16)29-8-6-17(30)7-9-29/h4-5,10-13,17,20,30H,6-9H2,1-3H3,(H2,27,28,31)/t20-/m1/s1. The van der Waals surface area contributed by atoms with Crippen molar-refractivity contribution in [3.63, 3.8) is 0 Å². The number of hydrogen-bond donors (Lipinski definition) is 3. The van der Waals surface area contributed by atoms with Crippen LogP contribution in [0.2, 0.25) is 0 Å². The lowest BCUT2D eigenvalue weighted by Gasteiger charge is -2.29. The van der Waals surface area contributed by atoms with E-state index in [9.17, 15) is 14.3 Å². The molecule has 170 valence electrons. The van der Waals surface area contributed by atoms with Crippen molar-refractivity contribution in [3.8, 4) is 0 Å². The Morgan fingerprint density at radius 3 is 2.59 bits per heavy atom. The number of nitrogens with zero attached hydrogens (tertiary/aromatic N) is 3. The van der Waals surface area contributed by atoms with Crippen LogP contribution in [0.25, 0.3) is 11.0 Å². The Labute approximate surface area is 185 Å². The average molecular weight is 442 g/mol. The minimum absolute atomic E-state index is 0.0398. The molecule has 8 nitrogen and oxygen atoms in total. The van der Waals surface area contributed by atoms with Gasteiger partial charge in [-0.15, -0.1) is 0 Å². The summed E-state index contributed by atoms with van der Waals surface area (Å²) in [5.74, 6) is 0.893. The maximum atomic E-state index is 13.7. The van der Waals surface area contributed by atoms with Crippen LogP contribution in [0.15, 0.2) is 35.0 Å². The lowest BCUT2D eigenvalue weighted by Crippen LogP contribution is -2.37. The zero-order valence-corrected chi connectivity index (χ0v) is 18.4. The van der Waals surface area contributed by atoms with Crippen molar-refractivity contribution in [3.05, 3.63) is 47.7 Å². The Bertz CT molecular complexity index is 1090. The number of piperidine rings is 1. The molecule has 3 heterocycles. The number of aromatic nitrogens is 2. The molecule has 1 fully saturated rings. The number of rotatable bonds is 5. The summed E-state index contributed by atoms with van der Waals surface area (Å²) in [6, 6.07) is 3.59. The molecular formula is C23H28FN5O3. The number of amides is 2. The number of carbonyl (C=O) groups is 1. The van der Waals surface area contributed by atoms with Crippen LogP contribution < -0.4 is 15.5 Å². The molecule has 0 saturated carbocycles. The van der Waals surface area contributed by atoms with E-state index in [0.717, 1.165) is 5.56 Å². The summed E-state index contributed by atoms with van der Waals surface area (Å²) in [7, 11) is 0. The molecule has 1 aliphatic heterocycles. The van der Waals surface area contributed by atoms with E-state index < -0.39 is 12.1 Å². The Morgan fingerprint density at radius 2 is 1.94 bits per heavy atom. The molecule has 32 heavy (non-hydrogen) atoms. The second kappa shape index (κ2) is 9.12. The summed E-state index contributed by atoms with van der Waals surface area (Å²) >= 11 is 0. The van der Waals surface area contributed by atoms with E-state index in [-0.39, 0.29) is 17.8 Å². The largest absolute Gasteiger partial charge is 0.459 e. The van der Waals surface area contributed by atoms with E-state index in [2.05, 4.69) is 20.6 Å². The predicted molar refractivity (Wildman–Crippen MR) is 120 cm³/mol. The molecule has 0 unspecified atom stereocenters. The van der Waals surface area contributed by atoms with Gasteiger partial charge in [-0.3, -0.25) is 0 Å². The quantitative estimate of drug-likeness (QED) is 0.550. The number of halogens is 1. The number of aliphatic hydroxyl groups excluding tert-OH is 1. The van der Waals surface area contributed by atoms with Crippen molar-refractivity contribution in [1.29, 1.82) is 0 Å². The van der Waals surface area contributed by atoms with Gasteiger partial charge >= 0.3 is 6.03 Å². The van der Waals surface area contributed by atoms with Crippen molar-refractivity contribution in [2.24, 2.45) is 5.92 Å². The average Bonchev–Trinajstić information content (AvgIpc) is 3.08. The summed E-state index contributed by atoms with van der Waals surface area (Å²) in [5, 5.41) is 16.0. The fourth-order valence-electron chi connectivity index (χ4n) is 3.97. The number of hydrogen-bond acceptors (Lipinski definition) is 6. The van der Waals surface area contributed by atoms with Crippen molar-refractivity contribution < 1.29 is 18.7 Å². The molecule has 2 aromatic heterocycles. The third-order valence-corrected chi connectivity index (χ3v) is 5.81. The van der Waals surface area contributed by atoms with E-state index >= 15 is 0 Å². The molecule has 1 aliphatic rings. The van der Waals surface area contributed by atoms with Crippen molar-refractivity contribution in [2.45, 2.75) is 45.8 Å². The van der Waals surface area contributed by atoms with Crippen molar-refractivity contribution >= 4 is 28.6 Å². The highest BCUT2D eigenvalue weighted by molar-refractivity contribution is 5.89. The van der Waals surface area contributed by atoms with Gasteiger partial charge in [-0.2, -0.15) is 0 Å². The number of fused-ring (bicyclic) bond motifs is 1. The zero-order valence-electron chi connectivity index (χ0n) is 18.4. The van der Waals surface area contributed by atoms with Crippen LogP contribution >= 0.6 is 0 Å². The normalized spacial score (nSPS) is 15.9. The molecule has 0 aliphatic carbocycles. The van der Waals surface area contributed by atoms with Crippen molar-refractivity contribution in [1.82, 2.24) is 15.3 Å². The minimum Gasteiger partial charge on any atom is -0.459 e. The molecule has 2 amide bonds. The number of benzene rings is 1. The minimum atomic E-state index is -0.410. The fourth-order valence-corrected chi connectivity index (χ4v) is 3.97. The van der Waals surface area contributed by atoms with Crippen molar-refractivity contribution in [2.75, 3.05) is 23.3 Å². The van der Waals surface area contributed by atoms with Crippen LogP contribution in [0, 0.1) is 18.7 Å². The van der Waals surface area contributed by atoms with Crippen LogP contribution in [0.1, 0.15) is 44.1 Å². The van der Waals surface area contributed by atoms with Crippen LogP contribution in [0.5, 0.6) is 0 Å². The van der Waals surface area contributed by atoms with E-state index in [4.69, 9.17) is 4.42 Å². The molecular weight excluding hydrogens is 413 g/mol. The second-order valence-corrected chi connectivity index (χ2v) is 8.54. The Hall–Kier alpha value is -3.20. The summed E-state index contributed by atoms with van der Waals surface area (Å²) in [6.07, 6.45) is 4.24. The summed E-state index contributed by atoms with van der Waals surface area (Å²) in [6.45, 7) is 7.22. The summed E-state index contributed by atoms with van der Waals surface area (Å²) in [4.78, 5) is 23.4. The first-order valence-electron chi connectivity index (χ1n) is 10.8. The van der Waals surface area contributed by atoms with Gasteiger partial charge in [-0.1, -0.05) is 13.8 Å². The van der Waals surface area contributed by atoms with E-state index in [0.29, 0.717) is 54.3 Å². The number of nitrogens with one attached hydrogen (secondary N) is 2. The maximum Gasteiger partial charge on any atom is 0.319 e. The second-order valence-electron chi connectivity index (χ2n) is 8.54. The van der Waals surface area contributed by atoms with Gasteiger partial charge in [0.1, 0.15) is 17.2 Å². The highest BCUT2D eigenvalue weighted by Gasteiger charge is 2.26. The molecule has 1 saturated heterocycles. The third kappa shape index (κ3) is 4.67. The lowest BCUT2D eigenvalue weighted by atomic mass is 9.98. The molecule has 0 spiro atoms. The Balaban J connectivity index is 1.44. The lowest BCUT2D eigenvalue weighted by molar-refractivity contribution is 0.145. The summed E-state index contributed by atoms with van der Waals surface area (Å²) in [5.41, 5.74) is 1.85. The number of aliphatic hydroxyl groups is 1. The van der Waals surface area contributed by atoms with E-state index in [1.54, 1.807) is 18.5 Å². The molecule has 4 rings (SSSR count). The first-order valence-corrected chi connectivity index (χ1v) is 10.8. The third-order valence-electron chi connectivity index (χ3n) is 5.81.